The lowest BCUT2D eigenvalue weighted by atomic mass is 10.2. The normalized spacial score (nSPS) is 14.3. The molecule has 1 aliphatic heterocycles. The van der Waals surface area contributed by atoms with Gasteiger partial charge in [0.05, 0.1) is 19.9 Å². The summed E-state index contributed by atoms with van der Waals surface area (Å²) in [5, 5.41) is 9.19. The molecule has 1 N–H and O–H groups in total. The van der Waals surface area contributed by atoms with Crippen LogP contribution in [0.25, 0.3) is 0 Å². The van der Waals surface area contributed by atoms with Crippen molar-refractivity contribution in [2.75, 3.05) is 31.3 Å². The number of rotatable bonds is 7. The molecular formula is C20H28N4O3. The number of aliphatic hydroxyl groups excluding tert-OH is 1. The molecule has 0 radical (unpaired) electrons. The van der Waals surface area contributed by atoms with E-state index in [-0.39, 0.29) is 12.2 Å². The third-order valence-corrected chi connectivity index (χ3v) is 4.82. The highest BCUT2D eigenvalue weighted by Crippen LogP contribution is 2.29. The summed E-state index contributed by atoms with van der Waals surface area (Å²) in [6.07, 6.45) is 1.33. The number of aliphatic hydroxyl groups is 1. The van der Waals surface area contributed by atoms with Gasteiger partial charge in [-0.3, -0.25) is 19.2 Å². The van der Waals surface area contributed by atoms with E-state index >= 15 is 0 Å². The van der Waals surface area contributed by atoms with Crippen LogP contribution in [-0.2, 0) is 13.1 Å². The predicted octanol–water partition coefficient (Wildman–Crippen LogP) is 2.26. The Hall–Kier alpha value is -2.38. The van der Waals surface area contributed by atoms with Gasteiger partial charge >= 0.3 is 0 Å². The van der Waals surface area contributed by atoms with Gasteiger partial charge in [-0.25, -0.2) is 4.98 Å². The van der Waals surface area contributed by atoms with Gasteiger partial charge in [0.1, 0.15) is 5.75 Å². The molecule has 27 heavy (non-hydrogen) atoms. The molecule has 0 spiro atoms. The van der Waals surface area contributed by atoms with Crippen molar-refractivity contribution in [1.82, 2.24) is 14.5 Å². The molecular weight excluding hydrogens is 344 g/mol. The van der Waals surface area contributed by atoms with Gasteiger partial charge in [0, 0.05) is 30.1 Å². The van der Waals surface area contributed by atoms with Crippen LogP contribution in [0.2, 0.25) is 0 Å². The van der Waals surface area contributed by atoms with Crippen molar-refractivity contribution in [3.05, 3.63) is 45.9 Å². The zero-order valence-electron chi connectivity index (χ0n) is 16.3. The molecule has 0 saturated carbocycles. The van der Waals surface area contributed by atoms with Crippen LogP contribution in [0, 0.1) is 6.92 Å². The fourth-order valence-corrected chi connectivity index (χ4v) is 3.46. The topological polar surface area (TPSA) is 70.8 Å². The van der Waals surface area contributed by atoms with Crippen LogP contribution < -0.4 is 15.2 Å². The van der Waals surface area contributed by atoms with Crippen molar-refractivity contribution in [2.24, 2.45) is 0 Å². The van der Waals surface area contributed by atoms with Crippen LogP contribution in [-0.4, -0.2) is 46.0 Å². The van der Waals surface area contributed by atoms with E-state index in [1.165, 1.54) is 0 Å². The molecule has 7 heteroatoms. The summed E-state index contributed by atoms with van der Waals surface area (Å²) >= 11 is 0. The molecule has 1 aromatic heterocycles. The first-order valence-electron chi connectivity index (χ1n) is 9.53. The number of aryl methyl sites for hydroxylation is 1. The summed E-state index contributed by atoms with van der Waals surface area (Å²) in [5.74, 6) is 1.48. The Kier molecular flexibility index (Phi) is 6.13. The van der Waals surface area contributed by atoms with Crippen LogP contribution in [0.4, 0.5) is 11.6 Å². The van der Waals surface area contributed by atoms with Crippen LogP contribution in [0.3, 0.4) is 0 Å². The van der Waals surface area contributed by atoms with Crippen molar-refractivity contribution in [2.45, 2.75) is 40.3 Å². The average molecular weight is 372 g/mol. The SMILES string of the molecule is CCOc1ccc(N2CN(CCCO)Cn3c2nc(C)c(CC)c3=O)cc1. The van der Waals surface area contributed by atoms with E-state index < -0.39 is 0 Å². The average Bonchev–Trinajstić information content (AvgIpc) is 2.67. The highest BCUT2D eigenvalue weighted by Gasteiger charge is 2.27. The van der Waals surface area contributed by atoms with Gasteiger partial charge in [0.15, 0.2) is 0 Å². The van der Waals surface area contributed by atoms with E-state index in [1.54, 1.807) is 4.57 Å². The maximum absolute atomic E-state index is 13.0. The number of nitrogens with zero attached hydrogens (tertiary/aromatic N) is 4. The van der Waals surface area contributed by atoms with Crippen LogP contribution >= 0.6 is 0 Å². The molecule has 0 atom stereocenters. The van der Waals surface area contributed by atoms with Crippen molar-refractivity contribution in [3.63, 3.8) is 0 Å². The lowest BCUT2D eigenvalue weighted by Crippen LogP contribution is -2.48. The minimum absolute atomic E-state index is 0.0182. The standard InChI is InChI=1S/C20H28N4O3/c1-4-18-15(3)21-20-23(16-7-9-17(10-8-16)27-5-2)13-22(11-6-12-25)14-24(20)19(18)26/h7-10,25H,4-6,11-14H2,1-3H3. The molecule has 7 nitrogen and oxygen atoms in total. The third kappa shape index (κ3) is 3.99. The summed E-state index contributed by atoms with van der Waals surface area (Å²) in [5.41, 5.74) is 2.52. The van der Waals surface area contributed by atoms with Crippen molar-refractivity contribution < 1.29 is 9.84 Å². The van der Waals surface area contributed by atoms with E-state index in [9.17, 15) is 9.90 Å². The summed E-state index contributed by atoms with van der Waals surface area (Å²) < 4.78 is 7.27. The molecule has 1 aliphatic rings. The number of benzene rings is 1. The van der Waals surface area contributed by atoms with E-state index in [1.807, 2.05) is 49.9 Å². The second kappa shape index (κ2) is 8.54. The summed E-state index contributed by atoms with van der Waals surface area (Å²) in [4.78, 5) is 22.0. The highest BCUT2D eigenvalue weighted by atomic mass is 16.5. The Morgan fingerprint density at radius 2 is 1.93 bits per heavy atom. The zero-order chi connectivity index (χ0) is 19.4. The van der Waals surface area contributed by atoms with Gasteiger partial charge in [-0.1, -0.05) is 6.92 Å². The van der Waals surface area contributed by atoms with E-state index in [0.717, 1.165) is 22.7 Å². The smallest absolute Gasteiger partial charge is 0.259 e. The molecule has 1 aromatic carbocycles. The van der Waals surface area contributed by atoms with Gasteiger partial charge in [-0.2, -0.15) is 0 Å². The molecule has 0 saturated heterocycles. The molecule has 2 heterocycles. The number of ether oxygens (including phenoxy) is 1. The number of hydrogen-bond donors (Lipinski definition) is 1. The summed E-state index contributed by atoms with van der Waals surface area (Å²) in [6, 6.07) is 7.84. The Morgan fingerprint density at radius 3 is 2.56 bits per heavy atom. The first kappa shape index (κ1) is 19.4. The van der Waals surface area contributed by atoms with E-state index in [4.69, 9.17) is 9.72 Å². The molecule has 0 aliphatic carbocycles. The number of aromatic nitrogens is 2. The Labute approximate surface area is 159 Å². The lowest BCUT2D eigenvalue weighted by molar-refractivity contribution is 0.175. The van der Waals surface area contributed by atoms with Gasteiger partial charge in [0.2, 0.25) is 5.95 Å². The highest BCUT2D eigenvalue weighted by molar-refractivity contribution is 5.59. The second-order valence-corrected chi connectivity index (χ2v) is 6.67. The molecule has 2 aromatic rings. The maximum Gasteiger partial charge on any atom is 0.259 e. The largest absolute Gasteiger partial charge is 0.494 e. The van der Waals surface area contributed by atoms with Gasteiger partial charge in [0.25, 0.3) is 5.56 Å². The quantitative estimate of drug-likeness (QED) is 0.804. The maximum atomic E-state index is 13.0. The first-order chi connectivity index (χ1) is 13.1. The first-order valence-corrected chi connectivity index (χ1v) is 9.53. The molecule has 3 rings (SSSR count). The monoisotopic (exact) mass is 372 g/mol. The van der Waals surface area contributed by atoms with E-state index in [0.29, 0.717) is 45.3 Å². The predicted molar refractivity (Wildman–Crippen MR) is 106 cm³/mol. The van der Waals surface area contributed by atoms with Crippen molar-refractivity contribution in [3.8, 4) is 5.75 Å². The third-order valence-electron chi connectivity index (χ3n) is 4.82. The second-order valence-electron chi connectivity index (χ2n) is 6.67. The van der Waals surface area contributed by atoms with Gasteiger partial charge in [-0.15, -0.1) is 0 Å². The number of hydrogen-bond acceptors (Lipinski definition) is 6. The summed E-state index contributed by atoms with van der Waals surface area (Å²) in [7, 11) is 0. The van der Waals surface area contributed by atoms with Gasteiger partial charge < -0.3 is 9.84 Å². The Balaban J connectivity index is 2.03. The number of anilines is 2. The minimum atomic E-state index is 0.0182. The molecule has 0 unspecified atom stereocenters. The van der Waals surface area contributed by atoms with Crippen LogP contribution in [0.1, 0.15) is 31.5 Å². The van der Waals surface area contributed by atoms with Gasteiger partial charge in [-0.05, 0) is 51.0 Å². The minimum Gasteiger partial charge on any atom is -0.494 e. The van der Waals surface area contributed by atoms with Crippen molar-refractivity contribution >= 4 is 11.6 Å². The van der Waals surface area contributed by atoms with E-state index in [2.05, 4.69) is 4.90 Å². The van der Waals surface area contributed by atoms with Crippen LogP contribution in [0.15, 0.2) is 29.1 Å². The van der Waals surface area contributed by atoms with Crippen LogP contribution in [0.5, 0.6) is 5.75 Å². The Bertz CT molecular complexity index is 832. The molecule has 0 fully saturated rings. The van der Waals surface area contributed by atoms with Crippen molar-refractivity contribution in [1.29, 1.82) is 0 Å². The summed E-state index contributed by atoms with van der Waals surface area (Å²) in [6.45, 7) is 8.41. The molecule has 146 valence electrons. The molecule has 0 amide bonds. The number of fused-ring (bicyclic) bond motifs is 1. The fraction of sp³-hybridized carbons (Fsp3) is 0.500. The lowest BCUT2D eigenvalue weighted by Gasteiger charge is -2.38. The fourth-order valence-electron chi connectivity index (χ4n) is 3.46. The Morgan fingerprint density at radius 1 is 1.19 bits per heavy atom. The zero-order valence-corrected chi connectivity index (χ0v) is 16.3. The molecule has 0 bridgehead atoms.